The number of phenolic OH excluding ortho intramolecular Hbond substituents is 1. The number of ether oxygens (including phenoxy) is 1. The summed E-state index contributed by atoms with van der Waals surface area (Å²) < 4.78 is 5.41. The number of carbonyl (C=O) groups excluding carboxylic acids is 1. The number of rotatable bonds is 7. The van der Waals surface area contributed by atoms with Crippen molar-refractivity contribution in [2.45, 2.75) is 0 Å². The Bertz CT molecular complexity index is 1030. The van der Waals surface area contributed by atoms with Gasteiger partial charge in [0.1, 0.15) is 11.5 Å². The first kappa shape index (κ1) is 19.6. The number of nitro groups is 1. The molecule has 0 aliphatic heterocycles. The van der Waals surface area contributed by atoms with Crippen LogP contribution in [-0.4, -0.2) is 28.8 Å². The first-order valence-electron chi connectivity index (χ1n) is 8.60. The van der Waals surface area contributed by atoms with Gasteiger partial charge in [-0.15, -0.1) is 0 Å². The largest absolute Gasteiger partial charge is 0.508 e. The summed E-state index contributed by atoms with van der Waals surface area (Å²) in [7, 11) is 0. The number of aromatic hydroxyl groups is 1. The van der Waals surface area contributed by atoms with Crippen LogP contribution in [-0.2, 0) is 4.79 Å². The normalized spacial score (nSPS) is 10.6. The quantitative estimate of drug-likeness (QED) is 0.363. The SMILES string of the molecule is O=C(COc1ccc(-c2ccccc2)cc1)N/N=C\c1cc(O)ccc1[N+](=O)[O-]. The third-order valence-corrected chi connectivity index (χ3v) is 3.93. The zero-order valence-electron chi connectivity index (χ0n) is 15.2. The van der Waals surface area contributed by atoms with Crippen molar-refractivity contribution in [3.8, 4) is 22.6 Å². The summed E-state index contributed by atoms with van der Waals surface area (Å²) in [5.74, 6) is -0.158. The van der Waals surface area contributed by atoms with Crippen molar-refractivity contribution in [1.29, 1.82) is 0 Å². The van der Waals surface area contributed by atoms with Crippen LogP contribution in [0.2, 0.25) is 0 Å². The van der Waals surface area contributed by atoms with Gasteiger partial charge in [-0.1, -0.05) is 42.5 Å². The molecular formula is C21H17N3O5. The molecule has 0 saturated heterocycles. The number of amides is 1. The summed E-state index contributed by atoms with van der Waals surface area (Å²) in [6, 6.07) is 20.7. The predicted molar refractivity (Wildman–Crippen MR) is 108 cm³/mol. The number of phenols is 1. The van der Waals surface area contributed by atoms with Crippen molar-refractivity contribution >= 4 is 17.8 Å². The number of hydrazone groups is 1. The first-order chi connectivity index (χ1) is 14.0. The fourth-order valence-electron chi connectivity index (χ4n) is 2.54. The van der Waals surface area contributed by atoms with Gasteiger partial charge in [-0.25, -0.2) is 5.43 Å². The second kappa shape index (κ2) is 9.14. The van der Waals surface area contributed by atoms with E-state index in [1.807, 2.05) is 42.5 Å². The van der Waals surface area contributed by atoms with Gasteiger partial charge in [0.15, 0.2) is 6.61 Å². The Morgan fingerprint density at radius 1 is 1.07 bits per heavy atom. The zero-order chi connectivity index (χ0) is 20.6. The van der Waals surface area contributed by atoms with Gasteiger partial charge in [0.25, 0.3) is 11.6 Å². The molecule has 0 atom stereocenters. The Kier molecular flexibility index (Phi) is 6.16. The second-order valence-electron chi connectivity index (χ2n) is 5.97. The standard InChI is InChI=1S/C21H17N3O5/c25-18-8-11-20(24(27)28)17(12-18)13-22-23-21(26)14-29-19-9-6-16(7-10-19)15-4-2-1-3-5-15/h1-13,25H,14H2,(H,23,26)/b22-13-. The molecule has 29 heavy (non-hydrogen) atoms. The number of hydrogen-bond donors (Lipinski definition) is 2. The minimum absolute atomic E-state index is 0.0627. The van der Waals surface area contributed by atoms with Gasteiger partial charge in [0.2, 0.25) is 0 Å². The van der Waals surface area contributed by atoms with E-state index in [4.69, 9.17) is 4.74 Å². The van der Waals surface area contributed by atoms with Crippen molar-refractivity contribution in [2.75, 3.05) is 6.61 Å². The molecule has 0 fully saturated rings. The highest BCUT2D eigenvalue weighted by molar-refractivity contribution is 5.87. The fraction of sp³-hybridized carbons (Fsp3) is 0.0476. The number of nitrogens with zero attached hydrogens (tertiary/aromatic N) is 2. The molecule has 0 spiro atoms. The van der Waals surface area contributed by atoms with Crippen molar-refractivity contribution < 1.29 is 19.6 Å². The molecule has 0 aliphatic carbocycles. The lowest BCUT2D eigenvalue weighted by molar-refractivity contribution is -0.385. The van der Waals surface area contributed by atoms with E-state index >= 15 is 0 Å². The number of nitrogens with one attached hydrogen (secondary N) is 1. The molecule has 2 N–H and O–H groups in total. The van der Waals surface area contributed by atoms with Crippen LogP contribution < -0.4 is 10.2 Å². The van der Waals surface area contributed by atoms with Gasteiger partial charge in [0.05, 0.1) is 16.7 Å². The minimum atomic E-state index is -0.606. The van der Waals surface area contributed by atoms with Crippen LogP contribution in [0.5, 0.6) is 11.5 Å². The van der Waals surface area contributed by atoms with Crippen molar-refractivity contribution in [2.24, 2.45) is 5.10 Å². The van der Waals surface area contributed by atoms with E-state index in [-0.39, 0.29) is 23.6 Å². The van der Waals surface area contributed by atoms with E-state index in [1.165, 1.54) is 12.1 Å². The monoisotopic (exact) mass is 391 g/mol. The molecule has 0 aromatic heterocycles. The lowest BCUT2D eigenvalue weighted by Gasteiger charge is -2.06. The van der Waals surface area contributed by atoms with E-state index in [0.29, 0.717) is 5.75 Å². The van der Waals surface area contributed by atoms with Crippen LogP contribution in [0, 0.1) is 10.1 Å². The van der Waals surface area contributed by atoms with E-state index in [1.54, 1.807) is 12.1 Å². The molecule has 0 bridgehead atoms. The number of nitro benzene ring substituents is 1. The third kappa shape index (κ3) is 5.39. The lowest BCUT2D eigenvalue weighted by Crippen LogP contribution is -2.24. The molecule has 146 valence electrons. The van der Waals surface area contributed by atoms with Crippen LogP contribution in [0.15, 0.2) is 77.9 Å². The first-order valence-corrected chi connectivity index (χ1v) is 8.60. The molecule has 0 aliphatic rings. The summed E-state index contributed by atoms with van der Waals surface area (Å²) in [5, 5.41) is 24.1. The predicted octanol–water partition coefficient (Wildman–Crippen LogP) is 3.50. The fourth-order valence-corrected chi connectivity index (χ4v) is 2.54. The van der Waals surface area contributed by atoms with Crippen LogP contribution in [0.3, 0.4) is 0 Å². The van der Waals surface area contributed by atoms with Crippen LogP contribution in [0.1, 0.15) is 5.56 Å². The molecule has 8 nitrogen and oxygen atoms in total. The number of benzene rings is 3. The van der Waals surface area contributed by atoms with Crippen LogP contribution in [0.4, 0.5) is 5.69 Å². The average Bonchev–Trinajstić information content (AvgIpc) is 2.73. The molecule has 3 aromatic rings. The summed E-state index contributed by atoms with van der Waals surface area (Å²) >= 11 is 0. The van der Waals surface area contributed by atoms with Gasteiger partial charge in [-0.2, -0.15) is 5.10 Å². The van der Waals surface area contributed by atoms with Gasteiger partial charge in [0, 0.05) is 6.07 Å². The summed E-state index contributed by atoms with van der Waals surface area (Å²) in [6.07, 6.45) is 1.09. The zero-order valence-corrected chi connectivity index (χ0v) is 15.2. The van der Waals surface area contributed by atoms with Gasteiger partial charge in [-0.05, 0) is 35.4 Å². The Labute approximate surface area is 166 Å². The molecule has 1 amide bonds. The maximum Gasteiger partial charge on any atom is 0.278 e. The molecule has 3 aromatic carbocycles. The molecular weight excluding hydrogens is 374 g/mol. The highest BCUT2D eigenvalue weighted by Crippen LogP contribution is 2.22. The average molecular weight is 391 g/mol. The molecule has 0 saturated carbocycles. The Morgan fingerprint density at radius 3 is 2.45 bits per heavy atom. The highest BCUT2D eigenvalue weighted by atomic mass is 16.6. The van der Waals surface area contributed by atoms with Crippen LogP contribution >= 0.6 is 0 Å². The Hall–Kier alpha value is -4.20. The number of carbonyl (C=O) groups is 1. The van der Waals surface area contributed by atoms with Crippen molar-refractivity contribution in [3.05, 3.63) is 88.5 Å². The summed E-state index contributed by atoms with van der Waals surface area (Å²) in [6.45, 7) is -0.274. The molecule has 0 unspecified atom stereocenters. The Balaban J connectivity index is 1.53. The van der Waals surface area contributed by atoms with E-state index < -0.39 is 10.8 Å². The smallest absolute Gasteiger partial charge is 0.278 e. The van der Waals surface area contributed by atoms with Gasteiger partial charge < -0.3 is 9.84 Å². The molecule has 8 heteroatoms. The van der Waals surface area contributed by atoms with E-state index in [9.17, 15) is 20.0 Å². The molecule has 0 heterocycles. The number of hydrogen-bond acceptors (Lipinski definition) is 6. The Morgan fingerprint density at radius 2 is 1.76 bits per heavy atom. The second-order valence-corrected chi connectivity index (χ2v) is 5.97. The van der Waals surface area contributed by atoms with E-state index in [2.05, 4.69) is 10.5 Å². The van der Waals surface area contributed by atoms with Crippen molar-refractivity contribution in [3.63, 3.8) is 0 Å². The third-order valence-electron chi connectivity index (χ3n) is 3.93. The maximum atomic E-state index is 11.8. The molecule has 0 radical (unpaired) electrons. The van der Waals surface area contributed by atoms with E-state index in [0.717, 1.165) is 23.4 Å². The molecule has 3 rings (SSSR count). The topological polar surface area (TPSA) is 114 Å². The van der Waals surface area contributed by atoms with Gasteiger partial charge in [-0.3, -0.25) is 14.9 Å². The highest BCUT2D eigenvalue weighted by Gasteiger charge is 2.12. The van der Waals surface area contributed by atoms with Crippen molar-refractivity contribution in [1.82, 2.24) is 5.43 Å². The maximum absolute atomic E-state index is 11.8. The van der Waals surface area contributed by atoms with Crippen LogP contribution in [0.25, 0.3) is 11.1 Å². The summed E-state index contributed by atoms with van der Waals surface area (Å²) in [4.78, 5) is 22.2. The lowest BCUT2D eigenvalue weighted by atomic mass is 10.1. The van der Waals surface area contributed by atoms with Gasteiger partial charge >= 0.3 is 0 Å². The summed E-state index contributed by atoms with van der Waals surface area (Å²) in [5.41, 5.74) is 4.15. The minimum Gasteiger partial charge on any atom is -0.508 e.